The Labute approximate surface area is 87.4 Å². The first-order valence-corrected chi connectivity index (χ1v) is 4.71. The van der Waals surface area contributed by atoms with Crippen LogP contribution in [0.25, 0.3) is 0 Å². The largest absolute Gasteiger partial charge is 0.507 e. The summed E-state index contributed by atoms with van der Waals surface area (Å²) in [5, 5.41) is 9.91. The number of methoxy groups -OCH3 is 1. The lowest BCUT2D eigenvalue weighted by Crippen LogP contribution is -1.99. The predicted molar refractivity (Wildman–Crippen MR) is 53.9 cm³/mol. The van der Waals surface area contributed by atoms with Crippen LogP contribution in [0, 0.1) is 0 Å². The van der Waals surface area contributed by atoms with Crippen molar-refractivity contribution in [2.45, 2.75) is 13.3 Å². The summed E-state index contributed by atoms with van der Waals surface area (Å²) in [5.41, 5.74) is 0.933. The molecule has 0 aromatic heterocycles. The van der Waals surface area contributed by atoms with Crippen LogP contribution in [0.1, 0.15) is 22.8 Å². The molecule has 0 spiro atoms. The number of Topliss-reactive ketones (excluding diaryl/α,β-unsaturated/α-hetero) is 1. The highest BCUT2D eigenvalue weighted by molar-refractivity contribution is 6.00. The van der Waals surface area contributed by atoms with Gasteiger partial charge in [0.05, 0.1) is 13.7 Å². The van der Waals surface area contributed by atoms with Crippen LogP contribution in [-0.4, -0.2) is 24.6 Å². The van der Waals surface area contributed by atoms with Gasteiger partial charge in [-0.3, -0.25) is 4.79 Å². The molecule has 1 heterocycles. The standard InChI is InChI=1S/C11H12O4/c1-6(12)10-9(14-2)5-8-7(11(10)13)3-4-15-8/h5,13H,3-4H2,1-2H3. The Morgan fingerprint density at radius 1 is 1.60 bits per heavy atom. The number of hydrogen-bond acceptors (Lipinski definition) is 4. The molecule has 0 saturated heterocycles. The van der Waals surface area contributed by atoms with Gasteiger partial charge in [-0.15, -0.1) is 0 Å². The molecule has 0 fully saturated rings. The molecular formula is C11H12O4. The van der Waals surface area contributed by atoms with Crippen LogP contribution >= 0.6 is 0 Å². The average Bonchev–Trinajstić information content (AvgIpc) is 2.64. The SMILES string of the molecule is COc1cc2c(c(O)c1C(C)=O)CCO2. The monoisotopic (exact) mass is 208 g/mol. The number of fused-ring (bicyclic) bond motifs is 1. The van der Waals surface area contributed by atoms with Crippen molar-refractivity contribution in [1.29, 1.82) is 0 Å². The zero-order chi connectivity index (χ0) is 11.0. The Balaban J connectivity index is 2.67. The summed E-state index contributed by atoms with van der Waals surface area (Å²) >= 11 is 0. The normalized spacial score (nSPS) is 13.2. The van der Waals surface area contributed by atoms with Crippen LogP contribution in [0.5, 0.6) is 17.2 Å². The van der Waals surface area contributed by atoms with E-state index in [1.165, 1.54) is 14.0 Å². The van der Waals surface area contributed by atoms with Crippen LogP contribution < -0.4 is 9.47 Å². The minimum absolute atomic E-state index is 0.00523. The second-order valence-corrected chi connectivity index (χ2v) is 3.43. The van der Waals surface area contributed by atoms with Crippen molar-refractivity contribution in [2.24, 2.45) is 0 Å². The summed E-state index contributed by atoms with van der Waals surface area (Å²) < 4.78 is 10.4. The number of aromatic hydroxyl groups is 1. The molecule has 0 unspecified atom stereocenters. The molecule has 1 aliphatic rings. The average molecular weight is 208 g/mol. The Hall–Kier alpha value is -1.71. The number of hydrogen-bond donors (Lipinski definition) is 1. The zero-order valence-electron chi connectivity index (χ0n) is 8.66. The number of carbonyl (C=O) groups is 1. The van der Waals surface area contributed by atoms with Crippen LogP contribution in [-0.2, 0) is 6.42 Å². The van der Waals surface area contributed by atoms with E-state index in [-0.39, 0.29) is 17.1 Å². The topological polar surface area (TPSA) is 55.8 Å². The van der Waals surface area contributed by atoms with Gasteiger partial charge < -0.3 is 14.6 Å². The smallest absolute Gasteiger partial charge is 0.167 e. The summed E-state index contributed by atoms with van der Waals surface area (Å²) in [6, 6.07) is 1.65. The van der Waals surface area contributed by atoms with Gasteiger partial charge in [-0.05, 0) is 6.92 Å². The molecule has 0 atom stereocenters. The third kappa shape index (κ3) is 1.42. The number of benzene rings is 1. The summed E-state index contributed by atoms with van der Waals surface area (Å²) in [6.45, 7) is 1.94. The number of ketones is 1. The number of carbonyl (C=O) groups excluding carboxylic acids is 1. The van der Waals surface area contributed by atoms with Gasteiger partial charge in [0.25, 0.3) is 0 Å². The molecule has 0 aliphatic carbocycles. The second kappa shape index (κ2) is 3.46. The summed E-state index contributed by atoms with van der Waals surface area (Å²) in [5.74, 6) is 0.753. The predicted octanol–water partition coefficient (Wildman–Crippen LogP) is 1.54. The summed E-state index contributed by atoms with van der Waals surface area (Å²) in [4.78, 5) is 11.4. The molecular weight excluding hydrogens is 196 g/mol. The lowest BCUT2D eigenvalue weighted by molar-refractivity contribution is 0.101. The molecule has 0 radical (unpaired) electrons. The first-order valence-electron chi connectivity index (χ1n) is 4.71. The Morgan fingerprint density at radius 3 is 2.93 bits per heavy atom. The molecule has 4 nitrogen and oxygen atoms in total. The van der Waals surface area contributed by atoms with Gasteiger partial charge >= 0.3 is 0 Å². The Morgan fingerprint density at radius 2 is 2.33 bits per heavy atom. The van der Waals surface area contributed by atoms with Crippen molar-refractivity contribution >= 4 is 5.78 Å². The van der Waals surface area contributed by atoms with Gasteiger partial charge in [-0.25, -0.2) is 0 Å². The fourth-order valence-corrected chi connectivity index (χ4v) is 1.80. The van der Waals surface area contributed by atoms with Crippen LogP contribution in [0.2, 0.25) is 0 Å². The first kappa shape index (κ1) is 9.83. The number of rotatable bonds is 2. The molecule has 15 heavy (non-hydrogen) atoms. The third-order valence-electron chi connectivity index (χ3n) is 2.51. The van der Waals surface area contributed by atoms with Gasteiger partial charge in [0, 0.05) is 18.1 Å². The summed E-state index contributed by atoms with van der Waals surface area (Å²) in [6.07, 6.45) is 0.630. The number of phenols is 1. The van der Waals surface area contributed by atoms with Gasteiger partial charge in [0.1, 0.15) is 22.8 Å². The minimum atomic E-state index is -0.209. The fraction of sp³-hybridized carbons (Fsp3) is 0.364. The molecule has 1 aromatic carbocycles. The highest BCUT2D eigenvalue weighted by atomic mass is 16.5. The molecule has 1 aliphatic heterocycles. The van der Waals surface area contributed by atoms with E-state index >= 15 is 0 Å². The van der Waals surface area contributed by atoms with Crippen LogP contribution in [0.4, 0.5) is 0 Å². The van der Waals surface area contributed by atoms with Crippen LogP contribution in [0.15, 0.2) is 6.07 Å². The highest BCUT2D eigenvalue weighted by Crippen LogP contribution is 2.41. The van der Waals surface area contributed by atoms with E-state index in [0.717, 1.165) is 0 Å². The maximum Gasteiger partial charge on any atom is 0.167 e. The third-order valence-corrected chi connectivity index (χ3v) is 2.51. The number of ether oxygens (including phenoxy) is 2. The van der Waals surface area contributed by atoms with Gasteiger partial charge in [0.2, 0.25) is 0 Å². The lowest BCUT2D eigenvalue weighted by Gasteiger charge is -2.11. The van der Waals surface area contributed by atoms with E-state index in [1.807, 2.05) is 0 Å². The molecule has 0 amide bonds. The maximum atomic E-state index is 11.4. The molecule has 1 N–H and O–H groups in total. The molecule has 0 bridgehead atoms. The zero-order valence-corrected chi connectivity index (χ0v) is 8.66. The van der Waals surface area contributed by atoms with E-state index in [4.69, 9.17) is 9.47 Å². The van der Waals surface area contributed by atoms with Crippen molar-refractivity contribution < 1.29 is 19.4 Å². The minimum Gasteiger partial charge on any atom is -0.507 e. The van der Waals surface area contributed by atoms with E-state index in [0.29, 0.717) is 30.1 Å². The number of phenolic OH excluding ortho intramolecular Hbond substituents is 1. The van der Waals surface area contributed by atoms with Crippen molar-refractivity contribution in [2.75, 3.05) is 13.7 Å². The van der Waals surface area contributed by atoms with E-state index in [2.05, 4.69) is 0 Å². The van der Waals surface area contributed by atoms with E-state index < -0.39 is 0 Å². The van der Waals surface area contributed by atoms with Gasteiger partial charge in [0.15, 0.2) is 5.78 Å². The fourth-order valence-electron chi connectivity index (χ4n) is 1.80. The molecule has 0 saturated carbocycles. The Bertz CT molecular complexity index is 423. The second-order valence-electron chi connectivity index (χ2n) is 3.43. The van der Waals surface area contributed by atoms with Gasteiger partial charge in [-0.1, -0.05) is 0 Å². The maximum absolute atomic E-state index is 11.4. The molecule has 1 aromatic rings. The van der Waals surface area contributed by atoms with Crippen molar-refractivity contribution in [3.05, 3.63) is 17.2 Å². The molecule has 4 heteroatoms. The molecule has 80 valence electrons. The lowest BCUT2D eigenvalue weighted by atomic mass is 10.0. The van der Waals surface area contributed by atoms with E-state index in [9.17, 15) is 9.90 Å². The van der Waals surface area contributed by atoms with Crippen molar-refractivity contribution in [3.63, 3.8) is 0 Å². The Kier molecular flexibility index (Phi) is 2.26. The van der Waals surface area contributed by atoms with Crippen molar-refractivity contribution in [1.82, 2.24) is 0 Å². The van der Waals surface area contributed by atoms with Gasteiger partial charge in [-0.2, -0.15) is 0 Å². The van der Waals surface area contributed by atoms with E-state index in [1.54, 1.807) is 6.07 Å². The highest BCUT2D eigenvalue weighted by Gasteiger charge is 2.24. The van der Waals surface area contributed by atoms with Crippen molar-refractivity contribution in [3.8, 4) is 17.2 Å². The summed E-state index contributed by atoms with van der Waals surface area (Å²) in [7, 11) is 1.46. The molecule has 2 rings (SSSR count). The van der Waals surface area contributed by atoms with Crippen LogP contribution in [0.3, 0.4) is 0 Å². The first-order chi connectivity index (χ1) is 7.15. The quantitative estimate of drug-likeness (QED) is 0.749.